The van der Waals surface area contributed by atoms with Crippen LogP contribution in [0, 0.1) is 5.92 Å². The van der Waals surface area contributed by atoms with Gasteiger partial charge in [-0.25, -0.2) is 0 Å². The predicted octanol–water partition coefficient (Wildman–Crippen LogP) is 7.98. The molecule has 1 atom stereocenters. The maximum absolute atomic E-state index is 2.45. The first-order valence-electron chi connectivity index (χ1n) is 12.3. The molecule has 0 saturated heterocycles. The number of rotatable bonds is 8. The molecule has 2 aromatic rings. The molecule has 0 bridgehead atoms. The van der Waals surface area contributed by atoms with Crippen molar-refractivity contribution in [3.63, 3.8) is 0 Å². The van der Waals surface area contributed by atoms with Crippen LogP contribution >= 0.6 is 0 Å². The molecule has 1 unspecified atom stereocenters. The average molecular weight is 407 g/mol. The molecule has 0 amide bonds. The van der Waals surface area contributed by atoms with Crippen molar-refractivity contribution in [2.75, 3.05) is 0 Å². The standard InChI is InChI=1S/C31H34/c1-2-3-4-5-8-23-13-15-24(16-14-23)21-27-19-20-30(31-12-7-11-29(27)31)28-18-17-25-9-6-10-26(25)22-28/h7,11-20,22,31H,2-6,8-10,21H2,1H3. The summed E-state index contributed by atoms with van der Waals surface area (Å²) in [6, 6.07) is 16.5. The van der Waals surface area contributed by atoms with Crippen LogP contribution in [0.1, 0.15) is 66.8 Å². The Kier molecular flexibility index (Phi) is 6.07. The highest BCUT2D eigenvalue weighted by atomic mass is 14.3. The lowest BCUT2D eigenvalue weighted by Gasteiger charge is -2.25. The Hall–Kier alpha value is -2.60. The molecule has 0 nitrogen and oxygen atoms in total. The Balaban J connectivity index is 1.31. The monoisotopic (exact) mass is 406 g/mol. The quantitative estimate of drug-likeness (QED) is 0.390. The molecular weight excluding hydrogens is 372 g/mol. The Bertz CT molecular complexity index is 1060. The van der Waals surface area contributed by atoms with Gasteiger partial charge in [-0.3, -0.25) is 0 Å². The Morgan fingerprint density at radius 3 is 2.48 bits per heavy atom. The van der Waals surface area contributed by atoms with Crippen molar-refractivity contribution in [1.29, 1.82) is 0 Å². The molecule has 2 aromatic carbocycles. The van der Waals surface area contributed by atoms with Gasteiger partial charge in [0.05, 0.1) is 0 Å². The minimum Gasteiger partial charge on any atom is -0.0726 e. The number of fused-ring (bicyclic) bond motifs is 2. The van der Waals surface area contributed by atoms with Crippen LogP contribution in [0.2, 0.25) is 0 Å². The van der Waals surface area contributed by atoms with E-state index in [0.717, 1.165) is 6.42 Å². The maximum atomic E-state index is 2.45. The first-order valence-corrected chi connectivity index (χ1v) is 12.3. The maximum Gasteiger partial charge on any atom is 0.0281 e. The molecule has 0 heterocycles. The van der Waals surface area contributed by atoms with E-state index in [-0.39, 0.29) is 0 Å². The lowest BCUT2D eigenvalue weighted by molar-refractivity contribution is 0.667. The molecule has 0 spiro atoms. The van der Waals surface area contributed by atoms with Crippen LogP contribution < -0.4 is 0 Å². The zero-order chi connectivity index (χ0) is 21.0. The molecule has 0 fully saturated rings. The highest BCUT2D eigenvalue weighted by Crippen LogP contribution is 2.42. The molecular formula is C31H34. The van der Waals surface area contributed by atoms with Gasteiger partial charge in [0, 0.05) is 5.92 Å². The summed E-state index contributed by atoms with van der Waals surface area (Å²) in [4.78, 5) is 0. The van der Waals surface area contributed by atoms with E-state index in [0.29, 0.717) is 5.92 Å². The lowest BCUT2D eigenvalue weighted by Crippen LogP contribution is -2.10. The summed E-state index contributed by atoms with van der Waals surface area (Å²) in [5, 5.41) is 0. The molecule has 0 radical (unpaired) electrons. The SMILES string of the molecule is CCCCCCc1ccc(CC2=CC=C(c3ccc4c(c3)CCC4)C3C=CC=C23)cc1. The van der Waals surface area contributed by atoms with Gasteiger partial charge in [0.15, 0.2) is 0 Å². The third-order valence-corrected chi connectivity index (χ3v) is 7.25. The topological polar surface area (TPSA) is 0 Å². The summed E-state index contributed by atoms with van der Waals surface area (Å²) in [6.07, 6.45) is 23.1. The summed E-state index contributed by atoms with van der Waals surface area (Å²) < 4.78 is 0. The molecule has 0 N–H and O–H groups in total. The van der Waals surface area contributed by atoms with Crippen LogP contribution in [-0.4, -0.2) is 0 Å². The first-order chi connectivity index (χ1) is 15.3. The van der Waals surface area contributed by atoms with E-state index >= 15 is 0 Å². The van der Waals surface area contributed by atoms with Crippen LogP contribution in [0.4, 0.5) is 0 Å². The van der Waals surface area contributed by atoms with Crippen molar-refractivity contribution in [2.24, 2.45) is 5.92 Å². The second-order valence-electron chi connectivity index (χ2n) is 9.44. The summed E-state index contributed by atoms with van der Waals surface area (Å²) in [6.45, 7) is 2.28. The molecule has 0 heteroatoms. The van der Waals surface area contributed by atoms with Gasteiger partial charge in [-0.2, -0.15) is 0 Å². The molecule has 31 heavy (non-hydrogen) atoms. The molecule has 0 aromatic heterocycles. The summed E-state index contributed by atoms with van der Waals surface area (Å²) in [5.74, 6) is 0.414. The van der Waals surface area contributed by atoms with Crippen LogP contribution in [0.5, 0.6) is 0 Å². The van der Waals surface area contributed by atoms with Gasteiger partial charge in [0.25, 0.3) is 0 Å². The third-order valence-electron chi connectivity index (χ3n) is 7.25. The van der Waals surface area contributed by atoms with Gasteiger partial charge in [0.1, 0.15) is 0 Å². The van der Waals surface area contributed by atoms with Gasteiger partial charge >= 0.3 is 0 Å². The number of unbranched alkanes of at least 4 members (excludes halogenated alkanes) is 3. The van der Waals surface area contributed by atoms with Crippen molar-refractivity contribution >= 4 is 5.57 Å². The Labute approximate surface area is 188 Å². The molecule has 5 rings (SSSR count). The average Bonchev–Trinajstić information content (AvgIpc) is 3.47. The van der Waals surface area contributed by atoms with E-state index in [4.69, 9.17) is 0 Å². The van der Waals surface area contributed by atoms with Crippen LogP contribution in [0.3, 0.4) is 0 Å². The largest absolute Gasteiger partial charge is 0.0726 e. The van der Waals surface area contributed by atoms with E-state index in [1.54, 1.807) is 11.1 Å². The first kappa shape index (κ1) is 20.3. The van der Waals surface area contributed by atoms with Crippen molar-refractivity contribution in [1.82, 2.24) is 0 Å². The van der Waals surface area contributed by atoms with Crippen molar-refractivity contribution in [3.05, 3.63) is 112 Å². The van der Waals surface area contributed by atoms with Crippen molar-refractivity contribution in [2.45, 2.75) is 64.7 Å². The van der Waals surface area contributed by atoms with Gasteiger partial charge in [0.2, 0.25) is 0 Å². The fourth-order valence-corrected chi connectivity index (χ4v) is 5.43. The number of allylic oxidation sites excluding steroid dienone is 8. The van der Waals surface area contributed by atoms with E-state index in [9.17, 15) is 0 Å². The Morgan fingerprint density at radius 1 is 0.774 bits per heavy atom. The smallest absolute Gasteiger partial charge is 0.0281 e. The van der Waals surface area contributed by atoms with E-state index in [1.807, 2.05) is 0 Å². The number of benzene rings is 2. The van der Waals surface area contributed by atoms with E-state index < -0.39 is 0 Å². The zero-order valence-electron chi connectivity index (χ0n) is 18.9. The molecule has 0 aliphatic heterocycles. The number of hydrogen-bond acceptors (Lipinski definition) is 0. The highest BCUT2D eigenvalue weighted by molar-refractivity contribution is 5.79. The number of aryl methyl sites for hydroxylation is 3. The lowest BCUT2D eigenvalue weighted by atomic mass is 9.79. The van der Waals surface area contributed by atoms with Crippen LogP contribution in [0.25, 0.3) is 5.57 Å². The van der Waals surface area contributed by atoms with E-state index in [1.165, 1.54) is 84.8 Å². The van der Waals surface area contributed by atoms with Crippen LogP contribution in [0.15, 0.2) is 84.0 Å². The minimum atomic E-state index is 0.414. The third kappa shape index (κ3) is 4.40. The summed E-state index contributed by atoms with van der Waals surface area (Å²) >= 11 is 0. The fourth-order valence-electron chi connectivity index (χ4n) is 5.43. The fraction of sp³-hybridized carbons (Fsp3) is 0.355. The van der Waals surface area contributed by atoms with Gasteiger partial charge in [-0.15, -0.1) is 0 Å². The second-order valence-corrected chi connectivity index (χ2v) is 9.44. The van der Waals surface area contributed by atoms with Gasteiger partial charge in [-0.1, -0.05) is 99.0 Å². The van der Waals surface area contributed by atoms with Gasteiger partial charge in [-0.05, 0) is 83.1 Å². The summed E-state index contributed by atoms with van der Waals surface area (Å²) in [7, 11) is 0. The molecule has 0 saturated carbocycles. The van der Waals surface area contributed by atoms with Crippen molar-refractivity contribution < 1.29 is 0 Å². The normalized spacial score (nSPS) is 19.0. The van der Waals surface area contributed by atoms with Crippen molar-refractivity contribution in [3.8, 4) is 0 Å². The zero-order valence-corrected chi connectivity index (χ0v) is 18.9. The molecule has 158 valence electrons. The Morgan fingerprint density at radius 2 is 1.61 bits per heavy atom. The van der Waals surface area contributed by atoms with Crippen LogP contribution in [-0.2, 0) is 25.7 Å². The molecule has 3 aliphatic rings. The number of hydrogen-bond donors (Lipinski definition) is 0. The second kappa shape index (κ2) is 9.27. The molecule has 3 aliphatic carbocycles. The van der Waals surface area contributed by atoms with E-state index in [2.05, 4.69) is 79.8 Å². The van der Waals surface area contributed by atoms with Gasteiger partial charge < -0.3 is 0 Å². The predicted molar refractivity (Wildman–Crippen MR) is 133 cm³/mol. The highest BCUT2D eigenvalue weighted by Gasteiger charge is 2.26. The minimum absolute atomic E-state index is 0.414. The summed E-state index contributed by atoms with van der Waals surface area (Å²) in [5.41, 5.74) is 11.8.